The Kier molecular flexibility index (Phi) is 4.99. The monoisotopic (exact) mass is 282 g/mol. The van der Waals surface area contributed by atoms with Gasteiger partial charge in [-0.2, -0.15) is 4.39 Å². The molecule has 1 aliphatic heterocycles. The van der Waals surface area contributed by atoms with Gasteiger partial charge in [0.2, 0.25) is 5.82 Å². The van der Waals surface area contributed by atoms with E-state index in [9.17, 15) is 8.78 Å². The molecule has 110 valence electrons. The van der Waals surface area contributed by atoms with Gasteiger partial charge >= 0.3 is 0 Å². The molecule has 4 heteroatoms. The first kappa shape index (κ1) is 14.8. The summed E-state index contributed by atoms with van der Waals surface area (Å²) in [6.45, 7) is 4.72. The second-order valence-corrected chi connectivity index (χ2v) is 4.94. The lowest BCUT2D eigenvalue weighted by Crippen LogP contribution is -2.14. The molecular weight excluding hydrogens is 262 g/mol. The molecule has 0 bridgehead atoms. The van der Waals surface area contributed by atoms with Crippen molar-refractivity contribution in [3.8, 4) is 5.75 Å². The summed E-state index contributed by atoms with van der Waals surface area (Å²) in [5, 5.41) is 0. The van der Waals surface area contributed by atoms with E-state index in [2.05, 4.69) is 6.92 Å². The smallest absolute Gasteiger partial charge is 0.201 e. The number of halogens is 2. The first-order chi connectivity index (χ1) is 9.67. The van der Waals surface area contributed by atoms with Crippen molar-refractivity contribution in [3.63, 3.8) is 0 Å². The van der Waals surface area contributed by atoms with E-state index in [-0.39, 0.29) is 11.3 Å². The van der Waals surface area contributed by atoms with Crippen LogP contribution >= 0.6 is 0 Å². The summed E-state index contributed by atoms with van der Waals surface area (Å²) in [4.78, 5) is 0. The molecule has 0 amide bonds. The minimum Gasteiger partial charge on any atom is -0.493 e. The van der Waals surface area contributed by atoms with Gasteiger partial charge in [0, 0.05) is 0 Å². The van der Waals surface area contributed by atoms with Gasteiger partial charge in [-0.25, -0.2) is 4.39 Å². The summed E-state index contributed by atoms with van der Waals surface area (Å²) in [6.07, 6.45) is 4.88. The van der Waals surface area contributed by atoms with E-state index >= 15 is 0 Å². The number of hydrogen-bond acceptors (Lipinski definition) is 2. The van der Waals surface area contributed by atoms with E-state index in [0.29, 0.717) is 24.9 Å². The topological polar surface area (TPSA) is 18.5 Å². The van der Waals surface area contributed by atoms with Crippen molar-refractivity contribution in [2.45, 2.75) is 33.1 Å². The summed E-state index contributed by atoms with van der Waals surface area (Å²) < 4.78 is 38.5. The Labute approximate surface area is 118 Å². The second-order valence-electron chi connectivity index (χ2n) is 4.94. The van der Waals surface area contributed by atoms with Crippen molar-refractivity contribution in [2.75, 3.05) is 13.2 Å². The molecule has 0 N–H and O–H groups in total. The van der Waals surface area contributed by atoms with Crippen LogP contribution in [0.3, 0.4) is 0 Å². The molecular formula is C16H20F2O2. The van der Waals surface area contributed by atoms with Crippen molar-refractivity contribution in [3.05, 3.63) is 35.4 Å². The maximum atomic E-state index is 14.0. The molecule has 20 heavy (non-hydrogen) atoms. The number of benzene rings is 1. The quantitative estimate of drug-likeness (QED) is 0.789. The van der Waals surface area contributed by atoms with Crippen molar-refractivity contribution < 1.29 is 18.3 Å². The third-order valence-electron chi connectivity index (χ3n) is 3.42. The van der Waals surface area contributed by atoms with Crippen LogP contribution in [0.25, 0.3) is 5.76 Å². The molecule has 0 radical (unpaired) electrons. The molecule has 0 saturated carbocycles. The molecule has 0 spiro atoms. The van der Waals surface area contributed by atoms with Crippen LogP contribution in [0, 0.1) is 17.6 Å². The van der Waals surface area contributed by atoms with Gasteiger partial charge in [0.1, 0.15) is 5.76 Å². The predicted molar refractivity (Wildman–Crippen MR) is 74.5 cm³/mol. The zero-order chi connectivity index (χ0) is 14.5. The molecule has 0 aliphatic carbocycles. The van der Waals surface area contributed by atoms with Crippen LogP contribution in [-0.2, 0) is 4.74 Å². The highest BCUT2D eigenvalue weighted by Crippen LogP contribution is 2.31. The standard InChI is InChI=1S/C16H20F2O2/c1-3-5-11-6-8-13(20-10-11)12-7-9-14(19-4-2)16(18)15(12)17/h7-9,11H,3-6,10H2,1-2H3. The molecule has 1 heterocycles. The Morgan fingerprint density at radius 3 is 2.65 bits per heavy atom. The summed E-state index contributed by atoms with van der Waals surface area (Å²) in [6, 6.07) is 2.95. The Morgan fingerprint density at radius 1 is 1.25 bits per heavy atom. The normalized spacial score (nSPS) is 18.4. The van der Waals surface area contributed by atoms with Gasteiger partial charge in [0.15, 0.2) is 11.6 Å². The minimum absolute atomic E-state index is 0.0611. The lowest BCUT2D eigenvalue weighted by atomic mass is 9.97. The van der Waals surface area contributed by atoms with E-state index < -0.39 is 11.6 Å². The zero-order valence-electron chi connectivity index (χ0n) is 11.9. The van der Waals surface area contributed by atoms with Crippen LogP contribution in [-0.4, -0.2) is 13.2 Å². The number of ether oxygens (including phenoxy) is 2. The van der Waals surface area contributed by atoms with Crippen molar-refractivity contribution >= 4 is 5.76 Å². The molecule has 0 fully saturated rings. The van der Waals surface area contributed by atoms with Crippen LogP contribution < -0.4 is 4.74 Å². The Bertz CT molecular complexity index is 497. The molecule has 2 rings (SSSR count). The fraction of sp³-hybridized carbons (Fsp3) is 0.500. The first-order valence-electron chi connectivity index (χ1n) is 7.11. The molecule has 1 aliphatic rings. The van der Waals surface area contributed by atoms with Gasteiger partial charge < -0.3 is 9.47 Å². The highest BCUT2D eigenvalue weighted by molar-refractivity contribution is 5.62. The summed E-state index contributed by atoms with van der Waals surface area (Å²) in [5.41, 5.74) is 0.168. The van der Waals surface area contributed by atoms with Crippen molar-refractivity contribution in [1.29, 1.82) is 0 Å². The maximum Gasteiger partial charge on any atom is 0.201 e. The fourth-order valence-corrected chi connectivity index (χ4v) is 2.39. The molecule has 0 saturated heterocycles. The third-order valence-corrected chi connectivity index (χ3v) is 3.42. The van der Waals surface area contributed by atoms with E-state index in [0.717, 1.165) is 19.3 Å². The number of rotatable bonds is 5. The van der Waals surface area contributed by atoms with Gasteiger partial charge in [0.25, 0.3) is 0 Å². The molecule has 1 aromatic rings. The number of hydrogen-bond donors (Lipinski definition) is 0. The molecule has 2 nitrogen and oxygen atoms in total. The fourth-order valence-electron chi connectivity index (χ4n) is 2.39. The summed E-state index contributed by atoms with van der Waals surface area (Å²) in [5.74, 6) is -1.02. The Balaban J connectivity index is 2.20. The summed E-state index contributed by atoms with van der Waals surface area (Å²) in [7, 11) is 0. The van der Waals surface area contributed by atoms with E-state index in [4.69, 9.17) is 9.47 Å². The highest BCUT2D eigenvalue weighted by atomic mass is 19.2. The average Bonchev–Trinajstić information content (AvgIpc) is 2.46. The molecule has 0 aromatic heterocycles. The van der Waals surface area contributed by atoms with Gasteiger partial charge in [-0.1, -0.05) is 13.3 Å². The third kappa shape index (κ3) is 3.11. The maximum absolute atomic E-state index is 14.0. The lowest BCUT2D eigenvalue weighted by molar-refractivity contribution is 0.192. The van der Waals surface area contributed by atoms with Gasteiger partial charge in [0.05, 0.1) is 18.8 Å². The highest BCUT2D eigenvalue weighted by Gasteiger charge is 2.21. The van der Waals surface area contributed by atoms with E-state index in [1.54, 1.807) is 6.92 Å². The zero-order valence-corrected chi connectivity index (χ0v) is 11.9. The second kappa shape index (κ2) is 6.73. The van der Waals surface area contributed by atoms with Crippen molar-refractivity contribution in [1.82, 2.24) is 0 Å². The first-order valence-corrected chi connectivity index (χ1v) is 7.11. The van der Waals surface area contributed by atoms with Crippen molar-refractivity contribution in [2.24, 2.45) is 5.92 Å². The SMILES string of the molecule is CCCC1CC=C(c2ccc(OCC)c(F)c2F)OC1. The van der Waals surface area contributed by atoms with Crippen LogP contribution in [0.15, 0.2) is 18.2 Å². The molecule has 1 aromatic carbocycles. The van der Waals surface area contributed by atoms with Gasteiger partial charge in [-0.05, 0) is 43.9 Å². The molecule has 1 unspecified atom stereocenters. The van der Waals surface area contributed by atoms with Crippen LogP contribution in [0.2, 0.25) is 0 Å². The number of allylic oxidation sites excluding steroid dienone is 1. The summed E-state index contributed by atoms with van der Waals surface area (Å²) >= 11 is 0. The largest absolute Gasteiger partial charge is 0.493 e. The Hall–Kier alpha value is -1.58. The van der Waals surface area contributed by atoms with Crippen LogP contribution in [0.1, 0.15) is 38.7 Å². The Morgan fingerprint density at radius 2 is 2.05 bits per heavy atom. The van der Waals surface area contributed by atoms with E-state index in [1.165, 1.54) is 12.1 Å². The van der Waals surface area contributed by atoms with Crippen LogP contribution in [0.5, 0.6) is 5.75 Å². The van der Waals surface area contributed by atoms with Gasteiger partial charge in [-0.15, -0.1) is 0 Å². The predicted octanol–water partition coefficient (Wildman–Crippen LogP) is 4.54. The molecule has 1 atom stereocenters. The van der Waals surface area contributed by atoms with Gasteiger partial charge in [-0.3, -0.25) is 0 Å². The average molecular weight is 282 g/mol. The minimum atomic E-state index is -0.954. The van der Waals surface area contributed by atoms with Crippen LogP contribution in [0.4, 0.5) is 8.78 Å². The van der Waals surface area contributed by atoms with E-state index in [1.807, 2.05) is 6.08 Å². The lowest BCUT2D eigenvalue weighted by Gasteiger charge is -2.23.